The summed E-state index contributed by atoms with van der Waals surface area (Å²) in [6.07, 6.45) is 4.02. The first-order valence-electron chi connectivity index (χ1n) is 6.36. The molecular weight excluding hydrogens is 300 g/mol. The lowest BCUT2D eigenvalue weighted by molar-refractivity contribution is 0.0594. The average Bonchev–Trinajstić information content (AvgIpc) is 2.84. The van der Waals surface area contributed by atoms with Crippen molar-refractivity contribution >= 4 is 27.3 Å². The van der Waals surface area contributed by atoms with Crippen molar-refractivity contribution in [2.45, 2.75) is 32.7 Å². The molecule has 1 rings (SSSR count). The summed E-state index contributed by atoms with van der Waals surface area (Å²) in [4.78, 5) is 15.4. The van der Waals surface area contributed by atoms with Crippen LogP contribution in [-0.2, 0) is 21.3 Å². The topological polar surface area (TPSA) is 76.6 Å². The molecule has 8 heteroatoms. The summed E-state index contributed by atoms with van der Waals surface area (Å²) in [6.45, 7) is 2.73. The maximum atomic E-state index is 11.7. The molecular formula is C12H20N2O4S2. The van der Waals surface area contributed by atoms with E-state index in [0.29, 0.717) is 11.6 Å². The highest BCUT2D eigenvalue weighted by Crippen LogP contribution is 2.15. The van der Waals surface area contributed by atoms with Crippen molar-refractivity contribution < 1.29 is 17.9 Å². The van der Waals surface area contributed by atoms with Crippen LogP contribution in [0.15, 0.2) is 5.38 Å². The van der Waals surface area contributed by atoms with Crippen LogP contribution in [0, 0.1) is 0 Å². The SMILES string of the molecule is CCCCCN(Cc1nc(C(=O)OC)cs1)S(C)(=O)=O. The highest BCUT2D eigenvalue weighted by molar-refractivity contribution is 7.88. The average molecular weight is 320 g/mol. The summed E-state index contributed by atoms with van der Waals surface area (Å²) < 4.78 is 29.4. The van der Waals surface area contributed by atoms with Crippen LogP contribution in [0.25, 0.3) is 0 Å². The Balaban J connectivity index is 2.74. The number of methoxy groups -OCH3 is 1. The van der Waals surface area contributed by atoms with E-state index >= 15 is 0 Å². The third-order valence-electron chi connectivity index (χ3n) is 2.74. The molecule has 0 unspecified atom stereocenters. The number of thiazole rings is 1. The minimum Gasteiger partial charge on any atom is -0.464 e. The van der Waals surface area contributed by atoms with Gasteiger partial charge >= 0.3 is 5.97 Å². The van der Waals surface area contributed by atoms with Crippen LogP contribution in [0.3, 0.4) is 0 Å². The van der Waals surface area contributed by atoms with E-state index in [1.54, 1.807) is 5.38 Å². The van der Waals surface area contributed by atoms with Crippen molar-refractivity contribution in [3.8, 4) is 0 Å². The van der Waals surface area contributed by atoms with Gasteiger partial charge in [-0.25, -0.2) is 18.2 Å². The Morgan fingerprint density at radius 2 is 2.15 bits per heavy atom. The molecule has 1 heterocycles. The van der Waals surface area contributed by atoms with E-state index in [-0.39, 0.29) is 12.2 Å². The van der Waals surface area contributed by atoms with Gasteiger partial charge in [-0.2, -0.15) is 4.31 Å². The fourth-order valence-electron chi connectivity index (χ4n) is 1.63. The Labute approximate surface area is 123 Å². The maximum Gasteiger partial charge on any atom is 0.357 e. The molecule has 0 N–H and O–H groups in total. The Morgan fingerprint density at radius 1 is 1.45 bits per heavy atom. The van der Waals surface area contributed by atoms with E-state index in [0.717, 1.165) is 19.3 Å². The van der Waals surface area contributed by atoms with Gasteiger partial charge in [0.15, 0.2) is 5.69 Å². The van der Waals surface area contributed by atoms with Crippen LogP contribution in [0.4, 0.5) is 0 Å². The quantitative estimate of drug-likeness (QED) is 0.540. The molecule has 0 aliphatic carbocycles. The lowest BCUT2D eigenvalue weighted by Crippen LogP contribution is -2.30. The third kappa shape index (κ3) is 5.18. The third-order valence-corrected chi connectivity index (χ3v) is 4.82. The number of hydrogen-bond acceptors (Lipinski definition) is 6. The molecule has 0 radical (unpaired) electrons. The first-order valence-corrected chi connectivity index (χ1v) is 9.09. The summed E-state index contributed by atoms with van der Waals surface area (Å²) >= 11 is 1.26. The molecule has 1 aromatic rings. The number of rotatable bonds is 8. The molecule has 0 saturated carbocycles. The van der Waals surface area contributed by atoms with Crippen LogP contribution >= 0.6 is 11.3 Å². The number of sulfonamides is 1. The Bertz CT molecular complexity index is 539. The van der Waals surface area contributed by atoms with Crippen molar-refractivity contribution in [1.29, 1.82) is 0 Å². The molecule has 1 aromatic heterocycles. The van der Waals surface area contributed by atoms with Gasteiger partial charge in [0.2, 0.25) is 10.0 Å². The van der Waals surface area contributed by atoms with Crippen molar-refractivity contribution in [2.75, 3.05) is 19.9 Å². The smallest absolute Gasteiger partial charge is 0.357 e. The monoisotopic (exact) mass is 320 g/mol. The molecule has 0 saturated heterocycles. The molecule has 0 aliphatic heterocycles. The van der Waals surface area contributed by atoms with Crippen molar-refractivity contribution in [2.24, 2.45) is 0 Å². The first-order chi connectivity index (χ1) is 9.38. The largest absolute Gasteiger partial charge is 0.464 e. The van der Waals surface area contributed by atoms with Crippen molar-refractivity contribution in [3.63, 3.8) is 0 Å². The van der Waals surface area contributed by atoms with Crippen LogP contribution in [0.2, 0.25) is 0 Å². The molecule has 20 heavy (non-hydrogen) atoms. The van der Waals surface area contributed by atoms with Gasteiger partial charge in [0.25, 0.3) is 0 Å². The summed E-state index contributed by atoms with van der Waals surface area (Å²) in [5.74, 6) is -0.510. The second-order valence-corrected chi connectivity index (χ2v) is 7.35. The zero-order valence-corrected chi connectivity index (χ0v) is 13.6. The van der Waals surface area contributed by atoms with Gasteiger partial charge in [0.05, 0.1) is 19.9 Å². The molecule has 0 amide bonds. The van der Waals surface area contributed by atoms with E-state index in [1.807, 2.05) is 0 Å². The Morgan fingerprint density at radius 3 is 2.70 bits per heavy atom. The number of unbranched alkanes of at least 4 members (excludes halogenated alkanes) is 2. The van der Waals surface area contributed by atoms with E-state index in [1.165, 1.54) is 29.0 Å². The van der Waals surface area contributed by atoms with Gasteiger partial charge in [-0.1, -0.05) is 19.8 Å². The van der Waals surface area contributed by atoms with Gasteiger partial charge in [-0.15, -0.1) is 11.3 Å². The lowest BCUT2D eigenvalue weighted by atomic mass is 10.2. The Hall–Kier alpha value is -0.990. The van der Waals surface area contributed by atoms with E-state index in [9.17, 15) is 13.2 Å². The molecule has 114 valence electrons. The predicted octanol–water partition coefficient (Wildman–Crippen LogP) is 1.88. The number of nitrogens with zero attached hydrogens (tertiary/aromatic N) is 2. The van der Waals surface area contributed by atoms with Crippen LogP contribution < -0.4 is 0 Å². The van der Waals surface area contributed by atoms with Gasteiger partial charge in [0, 0.05) is 11.9 Å². The van der Waals surface area contributed by atoms with Gasteiger partial charge in [0.1, 0.15) is 5.01 Å². The molecule has 0 atom stereocenters. The van der Waals surface area contributed by atoms with Crippen molar-refractivity contribution in [1.82, 2.24) is 9.29 Å². The fourth-order valence-corrected chi connectivity index (χ4v) is 3.31. The molecule has 0 bridgehead atoms. The number of aromatic nitrogens is 1. The van der Waals surface area contributed by atoms with Crippen LogP contribution in [0.1, 0.15) is 41.7 Å². The number of ether oxygens (including phenoxy) is 1. The highest BCUT2D eigenvalue weighted by Gasteiger charge is 2.19. The molecule has 0 aliphatic rings. The van der Waals surface area contributed by atoms with Crippen molar-refractivity contribution in [3.05, 3.63) is 16.1 Å². The highest BCUT2D eigenvalue weighted by atomic mass is 32.2. The first kappa shape index (κ1) is 17.1. The Kier molecular flexibility index (Phi) is 6.57. The molecule has 0 fully saturated rings. The van der Waals surface area contributed by atoms with Crippen LogP contribution in [-0.4, -0.2) is 43.6 Å². The summed E-state index contributed by atoms with van der Waals surface area (Å²) in [5, 5.41) is 2.17. The fraction of sp³-hybridized carbons (Fsp3) is 0.667. The second-order valence-electron chi connectivity index (χ2n) is 4.42. The number of esters is 1. The van der Waals surface area contributed by atoms with E-state index in [2.05, 4.69) is 16.6 Å². The maximum absolute atomic E-state index is 11.7. The number of carbonyl (C=O) groups is 1. The lowest BCUT2D eigenvalue weighted by Gasteiger charge is -2.18. The minimum atomic E-state index is -3.28. The summed E-state index contributed by atoms with van der Waals surface area (Å²) in [6, 6.07) is 0. The second kappa shape index (κ2) is 7.70. The van der Waals surface area contributed by atoms with Gasteiger partial charge in [-0.05, 0) is 6.42 Å². The summed E-state index contributed by atoms with van der Waals surface area (Å²) in [5.41, 5.74) is 0.217. The number of hydrogen-bond donors (Lipinski definition) is 0. The zero-order valence-electron chi connectivity index (χ0n) is 12.0. The van der Waals surface area contributed by atoms with Crippen LogP contribution in [0.5, 0.6) is 0 Å². The molecule has 0 spiro atoms. The van der Waals surface area contributed by atoms with Gasteiger partial charge in [-0.3, -0.25) is 0 Å². The molecule has 0 aromatic carbocycles. The van der Waals surface area contributed by atoms with Gasteiger partial charge < -0.3 is 4.74 Å². The normalized spacial score (nSPS) is 11.8. The van der Waals surface area contributed by atoms with E-state index in [4.69, 9.17) is 0 Å². The summed E-state index contributed by atoms with van der Waals surface area (Å²) in [7, 11) is -1.99. The number of carbonyl (C=O) groups excluding carboxylic acids is 1. The minimum absolute atomic E-state index is 0.199. The zero-order chi connectivity index (χ0) is 15.2. The van der Waals surface area contributed by atoms with E-state index < -0.39 is 16.0 Å². The molecule has 6 nitrogen and oxygen atoms in total. The predicted molar refractivity (Wildman–Crippen MR) is 78.2 cm³/mol. The standard InChI is InChI=1S/C12H20N2O4S2/c1-4-5-6-7-14(20(3,16)17)8-11-13-10(9-19-11)12(15)18-2/h9H,4-8H2,1-3H3.